The third-order valence-corrected chi connectivity index (χ3v) is 6.74. The van der Waals surface area contributed by atoms with Crippen molar-refractivity contribution < 1.29 is 13.2 Å². The zero-order chi connectivity index (χ0) is 23.0. The van der Waals surface area contributed by atoms with Crippen LogP contribution in [-0.2, 0) is 21.6 Å². The van der Waals surface area contributed by atoms with Gasteiger partial charge in [0.1, 0.15) is 5.82 Å². The van der Waals surface area contributed by atoms with Gasteiger partial charge >= 0.3 is 0 Å². The monoisotopic (exact) mass is 464 g/mol. The second-order valence-electron chi connectivity index (χ2n) is 8.00. The van der Waals surface area contributed by atoms with Gasteiger partial charge in [0.2, 0.25) is 5.95 Å². The predicted molar refractivity (Wildman–Crippen MR) is 128 cm³/mol. The number of hydrogen-bond acceptors (Lipinski definition) is 8. The van der Waals surface area contributed by atoms with Gasteiger partial charge in [0.15, 0.2) is 9.84 Å². The van der Waals surface area contributed by atoms with Crippen molar-refractivity contribution in [1.82, 2.24) is 19.7 Å². The Labute approximate surface area is 192 Å². The molecule has 0 atom stereocenters. The molecule has 3 heterocycles. The van der Waals surface area contributed by atoms with Crippen LogP contribution in [0.15, 0.2) is 59.6 Å². The summed E-state index contributed by atoms with van der Waals surface area (Å²) in [6, 6.07) is 14.6. The number of hydrogen-bond donors (Lipinski definition) is 1. The Morgan fingerprint density at radius 2 is 1.76 bits per heavy atom. The average molecular weight is 465 g/mol. The third-order valence-electron chi connectivity index (χ3n) is 5.61. The summed E-state index contributed by atoms with van der Waals surface area (Å²) in [6.45, 7) is 2.69. The molecular formula is C23H24N6O3S. The van der Waals surface area contributed by atoms with E-state index in [-0.39, 0.29) is 4.90 Å². The van der Waals surface area contributed by atoms with E-state index in [1.807, 2.05) is 36.1 Å². The van der Waals surface area contributed by atoms with Crippen molar-refractivity contribution in [3.8, 4) is 11.3 Å². The fraction of sp³-hybridized carbons (Fsp3) is 0.261. The lowest BCUT2D eigenvalue weighted by molar-refractivity contribution is 0.122. The third kappa shape index (κ3) is 4.53. The van der Waals surface area contributed by atoms with E-state index >= 15 is 0 Å². The lowest BCUT2D eigenvalue weighted by atomic mass is 10.1. The van der Waals surface area contributed by atoms with E-state index in [1.54, 1.807) is 24.3 Å². The molecule has 0 aliphatic carbocycles. The van der Waals surface area contributed by atoms with Crippen molar-refractivity contribution >= 4 is 38.2 Å². The van der Waals surface area contributed by atoms with E-state index in [1.165, 1.54) is 6.26 Å². The highest BCUT2D eigenvalue weighted by Gasteiger charge is 2.17. The molecule has 0 amide bonds. The van der Waals surface area contributed by atoms with E-state index in [0.717, 1.165) is 27.8 Å². The highest BCUT2D eigenvalue weighted by molar-refractivity contribution is 7.90. The summed E-state index contributed by atoms with van der Waals surface area (Å²) in [6.07, 6.45) is 3.03. The van der Waals surface area contributed by atoms with Crippen molar-refractivity contribution in [2.45, 2.75) is 4.90 Å². The van der Waals surface area contributed by atoms with Crippen LogP contribution in [0, 0.1) is 0 Å². The Morgan fingerprint density at radius 1 is 1.00 bits per heavy atom. The molecule has 9 nitrogen and oxygen atoms in total. The summed E-state index contributed by atoms with van der Waals surface area (Å²) < 4.78 is 30.8. The Bertz CT molecular complexity index is 1410. The molecule has 1 fully saturated rings. The number of morpholine rings is 1. The standard InChI is InChI=1S/C23H24N6O3S/c1-28-21-13-16(3-4-17(21)15-24-28)20-14-22(27-23(26-20)29-9-11-32-12-10-29)25-18-5-7-19(8-6-18)33(2,30)31/h3-8,13-15H,9-12H2,1-2H3,(H,25,26,27). The molecule has 2 aromatic carbocycles. The number of fused-ring (bicyclic) bond motifs is 1. The molecule has 10 heteroatoms. The molecule has 5 rings (SSSR count). The molecule has 0 bridgehead atoms. The van der Waals surface area contributed by atoms with Gasteiger partial charge in [-0.2, -0.15) is 10.1 Å². The molecule has 0 spiro atoms. The summed E-state index contributed by atoms with van der Waals surface area (Å²) >= 11 is 0. The van der Waals surface area contributed by atoms with Gasteiger partial charge in [-0.15, -0.1) is 0 Å². The summed E-state index contributed by atoms with van der Waals surface area (Å²) in [4.78, 5) is 12.0. The smallest absolute Gasteiger partial charge is 0.228 e. The number of aryl methyl sites for hydroxylation is 1. The zero-order valence-electron chi connectivity index (χ0n) is 18.4. The Kier molecular flexibility index (Phi) is 5.47. The number of benzene rings is 2. The number of nitrogens with one attached hydrogen (secondary N) is 1. The first-order valence-electron chi connectivity index (χ1n) is 10.6. The van der Waals surface area contributed by atoms with E-state index in [9.17, 15) is 8.42 Å². The first-order chi connectivity index (χ1) is 15.9. The first-order valence-corrected chi connectivity index (χ1v) is 12.5. The van der Waals surface area contributed by atoms with E-state index < -0.39 is 9.84 Å². The summed E-state index contributed by atoms with van der Waals surface area (Å²) in [5.41, 5.74) is 3.50. The Balaban J connectivity index is 1.54. The summed E-state index contributed by atoms with van der Waals surface area (Å²) in [5, 5.41) is 8.68. The van der Waals surface area contributed by atoms with Crippen LogP contribution in [0.25, 0.3) is 22.2 Å². The van der Waals surface area contributed by atoms with Gasteiger partial charge in [-0.05, 0) is 30.3 Å². The number of ether oxygens (including phenoxy) is 1. The largest absolute Gasteiger partial charge is 0.378 e. The quantitative estimate of drug-likeness (QED) is 0.481. The minimum absolute atomic E-state index is 0.273. The normalized spacial score (nSPS) is 14.5. The minimum Gasteiger partial charge on any atom is -0.378 e. The maximum absolute atomic E-state index is 11.8. The Morgan fingerprint density at radius 3 is 2.48 bits per heavy atom. The maximum Gasteiger partial charge on any atom is 0.228 e. The van der Waals surface area contributed by atoms with Gasteiger partial charge in [0.25, 0.3) is 0 Å². The zero-order valence-corrected chi connectivity index (χ0v) is 19.2. The van der Waals surface area contributed by atoms with Crippen LogP contribution in [0.3, 0.4) is 0 Å². The van der Waals surface area contributed by atoms with E-state index in [0.29, 0.717) is 38.1 Å². The predicted octanol–water partition coefficient (Wildman–Crippen LogP) is 3.01. The molecule has 1 aliphatic rings. The van der Waals surface area contributed by atoms with Crippen LogP contribution in [0.2, 0.25) is 0 Å². The topological polar surface area (TPSA) is 102 Å². The van der Waals surface area contributed by atoms with Gasteiger partial charge in [0.05, 0.1) is 35.5 Å². The van der Waals surface area contributed by atoms with Crippen molar-refractivity contribution in [2.75, 3.05) is 42.8 Å². The molecule has 1 N–H and O–H groups in total. The first kappa shape index (κ1) is 21.4. The second kappa shape index (κ2) is 8.45. The maximum atomic E-state index is 11.8. The molecule has 170 valence electrons. The molecule has 2 aromatic heterocycles. The van der Waals surface area contributed by atoms with Crippen LogP contribution in [-0.4, -0.2) is 60.7 Å². The molecular weight excluding hydrogens is 440 g/mol. The van der Waals surface area contributed by atoms with Gasteiger partial charge in [-0.25, -0.2) is 13.4 Å². The van der Waals surface area contributed by atoms with Crippen molar-refractivity contribution in [1.29, 1.82) is 0 Å². The molecule has 1 aliphatic heterocycles. The van der Waals surface area contributed by atoms with E-state index in [4.69, 9.17) is 14.7 Å². The summed E-state index contributed by atoms with van der Waals surface area (Å²) in [7, 11) is -1.34. The molecule has 33 heavy (non-hydrogen) atoms. The van der Waals surface area contributed by atoms with Crippen LogP contribution in [0.4, 0.5) is 17.5 Å². The average Bonchev–Trinajstić information content (AvgIpc) is 3.19. The molecule has 0 unspecified atom stereocenters. The molecule has 0 saturated carbocycles. The van der Waals surface area contributed by atoms with Crippen LogP contribution in [0.1, 0.15) is 0 Å². The van der Waals surface area contributed by atoms with Crippen LogP contribution < -0.4 is 10.2 Å². The summed E-state index contributed by atoms with van der Waals surface area (Å²) in [5.74, 6) is 1.25. The lowest BCUT2D eigenvalue weighted by Gasteiger charge is -2.27. The number of anilines is 3. The number of nitrogens with zero attached hydrogens (tertiary/aromatic N) is 5. The lowest BCUT2D eigenvalue weighted by Crippen LogP contribution is -2.37. The number of sulfone groups is 1. The Hall–Kier alpha value is -3.50. The molecule has 0 radical (unpaired) electrons. The van der Waals surface area contributed by atoms with Crippen LogP contribution in [0.5, 0.6) is 0 Å². The highest BCUT2D eigenvalue weighted by atomic mass is 32.2. The second-order valence-corrected chi connectivity index (χ2v) is 10.0. The fourth-order valence-corrected chi connectivity index (χ4v) is 4.42. The fourth-order valence-electron chi connectivity index (χ4n) is 3.79. The van der Waals surface area contributed by atoms with Gasteiger partial charge in [-0.3, -0.25) is 4.68 Å². The van der Waals surface area contributed by atoms with Crippen LogP contribution >= 0.6 is 0 Å². The molecule has 4 aromatic rings. The highest BCUT2D eigenvalue weighted by Crippen LogP contribution is 2.28. The van der Waals surface area contributed by atoms with Crippen molar-refractivity contribution in [3.05, 3.63) is 54.7 Å². The van der Waals surface area contributed by atoms with E-state index in [2.05, 4.69) is 21.4 Å². The molecule has 1 saturated heterocycles. The number of aromatic nitrogens is 4. The van der Waals surface area contributed by atoms with Crippen molar-refractivity contribution in [3.63, 3.8) is 0 Å². The minimum atomic E-state index is -3.25. The van der Waals surface area contributed by atoms with Gasteiger partial charge < -0.3 is 15.0 Å². The van der Waals surface area contributed by atoms with Crippen molar-refractivity contribution in [2.24, 2.45) is 7.05 Å². The number of rotatable bonds is 5. The SMILES string of the molecule is Cn1ncc2ccc(-c3cc(Nc4ccc(S(C)(=O)=O)cc4)nc(N4CCOCC4)n3)cc21. The van der Waals surface area contributed by atoms with Gasteiger partial charge in [-0.1, -0.05) is 12.1 Å². The van der Waals surface area contributed by atoms with Gasteiger partial charge in [0, 0.05) is 49.1 Å².